The summed E-state index contributed by atoms with van der Waals surface area (Å²) < 4.78 is 2.97. The van der Waals surface area contributed by atoms with Gasteiger partial charge in [0.25, 0.3) is 0 Å². The molecule has 1 saturated heterocycles. The predicted molar refractivity (Wildman–Crippen MR) is 37.5 cm³/mol. The summed E-state index contributed by atoms with van der Waals surface area (Å²) in [7, 11) is 0. The molecule has 10 heavy (non-hydrogen) atoms. The van der Waals surface area contributed by atoms with Gasteiger partial charge in [-0.3, -0.25) is 0 Å². The van der Waals surface area contributed by atoms with Gasteiger partial charge in [-0.15, -0.1) is 0 Å². The van der Waals surface area contributed by atoms with Crippen LogP contribution in [0.2, 0.25) is 0 Å². The topological polar surface area (TPSA) is 0 Å². The standard InChI is InChI=1S/C9H14I/c1-4-6-3-10-9(6)8-5(2)7(4)8/h4-9H,3H2,1-2H3/q-1. The molecule has 0 amide bonds. The van der Waals surface area contributed by atoms with Gasteiger partial charge in [-0.1, -0.05) is 0 Å². The monoisotopic (exact) mass is 249 g/mol. The molecule has 0 nitrogen and oxygen atoms in total. The van der Waals surface area contributed by atoms with Gasteiger partial charge in [-0.25, -0.2) is 0 Å². The molecule has 2 saturated carbocycles. The summed E-state index contributed by atoms with van der Waals surface area (Å²) in [5.41, 5.74) is 0. The summed E-state index contributed by atoms with van der Waals surface area (Å²) in [5, 5.41) is 0. The molecule has 0 spiro atoms. The molecule has 58 valence electrons. The Hall–Kier alpha value is 0.730. The van der Waals surface area contributed by atoms with E-state index in [0.717, 1.165) is 11.8 Å². The van der Waals surface area contributed by atoms with Crippen LogP contribution in [-0.4, -0.2) is 8.35 Å². The molecule has 6 atom stereocenters. The van der Waals surface area contributed by atoms with Crippen LogP contribution >= 0.6 is 0 Å². The Morgan fingerprint density at radius 3 is 2.30 bits per heavy atom. The zero-order valence-corrected chi connectivity index (χ0v) is 8.71. The molecule has 3 aliphatic rings. The zero-order valence-electron chi connectivity index (χ0n) is 6.55. The third-order valence-electron chi connectivity index (χ3n) is 4.02. The Bertz CT molecular complexity index is 162. The zero-order chi connectivity index (χ0) is 6.88. The first-order chi connectivity index (χ1) is 4.80. The van der Waals surface area contributed by atoms with Crippen LogP contribution in [0.4, 0.5) is 0 Å². The first-order valence-electron chi connectivity index (χ1n) is 4.38. The van der Waals surface area contributed by atoms with Gasteiger partial charge in [0, 0.05) is 0 Å². The molecule has 0 bridgehead atoms. The molecule has 3 rings (SSSR count). The van der Waals surface area contributed by atoms with Gasteiger partial charge in [-0.2, -0.15) is 0 Å². The van der Waals surface area contributed by atoms with Crippen molar-refractivity contribution >= 4 is 0 Å². The minimum absolute atomic E-state index is 0.694. The van der Waals surface area contributed by atoms with Gasteiger partial charge in [0.2, 0.25) is 0 Å². The molecule has 1 heteroatoms. The van der Waals surface area contributed by atoms with Crippen molar-refractivity contribution in [3.63, 3.8) is 0 Å². The first kappa shape index (κ1) is 6.27. The van der Waals surface area contributed by atoms with E-state index < -0.39 is 0 Å². The Labute approximate surface area is 73.0 Å². The number of hydrogen-bond acceptors (Lipinski definition) is 0. The molecule has 3 fully saturated rings. The van der Waals surface area contributed by atoms with Crippen LogP contribution < -0.4 is 21.2 Å². The summed E-state index contributed by atoms with van der Waals surface area (Å²) >= 11 is 0.694. The van der Waals surface area contributed by atoms with E-state index in [0.29, 0.717) is 21.2 Å². The van der Waals surface area contributed by atoms with Crippen molar-refractivity contribution < 1.29 is 21.2 Å². The number of halogens is 1. The third kappa shape index (κ3) is 0.518. The fourth-order valence-corrected chi connectivity index (χ4v) is 8.12. The van der Waals surface area contributed by atoms with Crippen LogP contribution in [0, 0.1) is 29.6 Å². The van der Waals surface area contributed by atoms with Crippen LogP contribution in [-0.2, 0) is 0 Å². The maximum atomic E-state index is 2.51. The summed E-state index contributed by atoms with van der Waals surface area (Å²) in [6, 6.07) is 0. The molecular formula is C9H14I-. The van der Waals surface area contributed by atoms with E-state index in [4.69, 9.17) is 0 Å². The molecule has 0 aromatic rings. The van der Waals surface area contributed by atoms with Crippen molar-refractivity contribution in [2.75, 3.05) is 4.43 Å². The summed E-state index contributed by atoms with van der Waals surface area (Å²) in [6.45, 7) is 4.98. The quantitative estimate of drug-likeness (QED) is 0.366. The summed E-state index contributed by atoms with van der Waals surface area (Å²) in [4.78, 5) is 0. The third-order valence-corrected chi connectivity index (χ3v) is 8.32. The van der Waals surface area contributed by atoms with Gasteiger partial charge in [0.1, 0.15) is 0 Å². The van der Waals surface area contributed by atoms with Gasteiger partial charge in [-0.05, 0) is 0 Å². The van der Waals surface area contributed by atoms with Crippen LogP contribution in [0.1, 0.15) is 13.8 Å². The molecule has 0 aromatic heterocycles. The van der Waals surface area contributed by atoms with Gasteiger partial charge >= 0.3 is 73.0 Å². The molecule has 6 unspecified atom stereocenters. The Kier molecular flexibility index (Phi) is 1.08. The van der Waals surface area contributed by atoms with E-state index in [1.165, 1.54) is 21.7 Å². The normalized spacial score (nSPS) is 71.0. The fourth-order valence-electron chi connectivity index (χ4n) is 3.26. The summed E-state index contributed by atoms with van der Waals surface area (Å²) in [6.07, 6.45) is 0. The van der Waals surface area contributed by atoms with E-state index in [1.807, 2.05) is 0 Å². The maximum absolute atomic E-state index is 2.51. The van der Waals surface area contributed by atoms with Crippen LogP contribution in [0.15, 0.2) is 0 Å². The van der Waals surface area contributed by atoms with Gasteiger partial charge < -0.3 is 0 Å². The SMILES string of the molecule is CC1C2C[I-]C2C2C(C)C12. The number of hydrogen-bond donors (Lipinski definition) is 0. The van der Waals surface area contributed by atoms with Gasteiger partial charge in [0.05, 0.1) is 0 Å². The second-order valence-corrected chi connectivity index (χ2v) is 7.49. The predicted octanol–water partition coefficient (Wildman–Crippen LogP) is -1.39. The van der Waals surface area contributed by atoms with E-state index >= 15 is 0 Å². The number of fused-ring (bicyclic) bond motifs is 3. The van der Waals surface area contributed by atoms with Crippen LogP contribution in [0.3, 0.4) is 0 Å². The van der Waals surface area contributed by atoms with Crippen molar-refractivity contribution in [2.45, 2.75) is 17.8 Å². The van der Waals surface area contributed by atoms with E-state index in [1.54, 1.807) is 4.43 Å². The fraction of sp³-hybridized carbons (Fsp3) is 1.00. The Morgan fingerprint density at radius 1 is 1.10 bits per heavy atom. The number of rotatable bonds is 0. The minimum atomic E-state index is 0.694. The second kappa shape index (κ2) is 1.73. The molecule has 1 heterocycles. The van der Waals surface area contributed by atoms with Crippen molar-refractivity contribution in [1.29, 1.82) is 0 Å². The number of alkyl halides is 2. The Balaban J connectivity index is 1.89. The van der Waals surface area contributed by atoms with Crippen LogP contribution in [0.25, 0.3) is 0 Å². The van der Waals surface area contributed by atoms with E-state index in [9.17, 15) is 0 Å². The first-order valence-corrected chi connectivity index (χ1v) is 7.15. The van der Waals surface area contributed by atoms with Crippen molar-refractivity contribution in [1.82, 2.24) is 0 Å². The van der Waals surface area contributed by atoms with Crippen molar-refractivity contribution in [3.05, 3.63) is 0 Å². The van der Waals surface area contributed by atoms with Gasteiger partial charge in [0.15, 0.2) is 0 Å². The molecule has 0 aromatic carbocycles. The molecule has 0 radical (unpaired) electrons. The summed E-state index contributed by atoms with van der Waals surface area (Å²) in [5.74, 6) is 5.91. The van der Waals surface area contributed by atoms with Crippen LogP contribution in [0.5, 0.6) is 0 Å². The molecule has 2 aliphatic carbocycles. The second-order valence-electron chi connectivity index (χ2n) is 4.29. The molecule has 0 N–H and O–H groups in total. The van der Waals surface area contributed by atoms with Crippen molar-refractivity contribution in [3.8, 4) is 0 Å². The molecule has 1 aliphatic heterocycles. The van der Waals surface area contributed by atoms with E-state index in [2.05, 4.69) is 13.8 Å². The molecular weight excluding hydrogens is 235 g/mol. The Morgan fingerprint density at radius 2 is 1.90 bits per heavy atom. The average molecular weight is 249 g/mol. The van der Waals surface area contributed by atoms with E-state index in [-0.39, 0.29) is 0 Å². The average Bonchev–Trinajstić information content (AvgIpc) is 2.33. The van der Waals surface area contributed by atoms with Crippen molar-refractivity contribution in [2.24, 2.45) is 29.6 Å².